The maximum absolute atomic E-state index is 11.5. The predicted octanol–water partition coefficient (Wildman–Crippen LogP) is 2.00. The lowest BCUT2D eigenvalue weighted by molar-refractivity contribution is -0.123. The second kappa shape index (κ2) is 10.6. The average Bonchev–Trinajstić information content (AvgIpc) is 2.31. The summed E-state index contributed by atoms with van der Waals surface area (Å²) in [7, 11) is 2.88. The molecule has 0 aromatic heterocycles. The molecule has 0 aromatic rings. The van der Waals surface area contributed by atoms with E-state index in [1.165, 1.54) is 28.5 Å². The van der Waals surface area contributed by atoms with Crippen molar-refractivity contribution in [2.75, 3.05) is 11.5 Å². The normalized spacial score (nSPS) is 12.2. The number of hydrogen-bond acceptors (Lipinski definition) is 6. The molecule has 0 fully saturated rings. The Hall–Kier alpha value is -0.330. The topological polar surface area (TPSA) is 77.2 Å². The van der Waals surface area contributed by atoms with E-state index in [4.69, 9.17) is 5.73 Å². The van der Waals surface area contributed by atoms with E-state index in [0.717, 1.165) is 6.42 Å². The van der Waals surface area contributed by atoms with Crippen molar-refractivity contribution >= 4 is 38.9 Å². The zero-order valence-electron chi connectivity index (χ0n) is 10.9. The highest BCUT2D eigenvalue weighted by Gasteiger charge is 2.14. The average molecular weight is 291 g/mol. The molecule has 18 heavy (non-hydrogen) atoms. The monoisotopic (exact) mass is 291 g/mol. The minimum atomic E-state index is -0.539. The van der Waals surface area contributed by atoms with E-state index < -0.39 is 6.04 Å². The molecule has 4 nitrogen and oxygen atoms in total. The van der Waals surface area contributed by atoms with Gasteiger partial charge in [0.15, 0.2) is 5.78 Å². The van der Waals surface area contributed by atoms with Crippen LogP contribution in [0.15, 0.2) is 0 Å². The third-order valence-corrected chi connectivity index (χ3v) is 4.58. The number of carbonyl (C=O) groups is 3. The molecule has 0 bridgehead atoms. The Morgan fingerprint density at radius 2 is 1.78 bits per heavy atom. The van der Waals surface area contributed by atoms with Gasteiger partial charge < -0.3 is 10.5 Å². The van der Waals surface area contributed by atoms with Crippen LogP contribution in [0.1, 0.15) is 39.5 Å². The van der Waals surface area contributed by atoms with E-state index in [1.807, 2.05) is 6.92 Å². The van der Waals surface area contributed by atoms with Gasteiger partial charge in [-0.15, -0.1) is 0 Å². The molecular weight excluding hydrogens is 270 g/mol. The number of rotatable bonds is 11. The summed E-state index contributed by atoms with van der Waals surface area (Å²) >= 11 is 0. The molecule has 0 radical (unpaired) electrons. The molecule has 0 aliphatic carbocycles. The van der Waals surface area contributed by atoms with Crippen molar-refractivity contribution in [3.05, 3.63) is 0 Å². The van der Waals surface area contributed by atoms with Gasteiger partial charge in [0, 0.05) is 25.0 Å². The molecule has 1 atom stereocenters. The summed E-state index contributed by atoms with van der Waals surface area (Å²) in [4.78, 5) is 33.5. The summed E-state index contributed by atoms with van der Waals surface area (Å²) in [5.74, 6) is 1.10. The summed E-state index contributed by atoms with van der Waals surface area (Å²) in [6, 6.07) is -0.539. The second-order valence-corrected chi connectivity index (χ2v) is 6.62. The van der Waals surface area contributed by atoms with Crippen LogP contribution in [0.4, 0.5) is 0 Å². The minimum absolute atomic E-state index is 0.00254. The van der Waals surface area contributed by atoms with Crippen molar-refractivity contribution in [3.63, 3.8) is 0 Å². The van der Waals surface area contributed by atoms with Crippen molar-refractivity contribution < 1.29 is 14.4 Å². The Bertz CT molecular complexity index is 295. The zero-order chi connectivity index (χ0) is 14.0. The van der Waals surface area contributed by atoms with Gasteiger partial charge in [0.05, 0.1) is 11.8 Å². The maximum Gasteiger partial charge on any atom is 0.150 e. The van der Waals surface area contributed by atoms with Crippen LogP contribution in [-0.2, 0) is 14.4 Å². The van der Waals surface area contributed by atoms with Crippen LogP contribution in [0, 0.1) is 0 Å². The fourth-order valence-electron chi connectivity index (χ4n) is 1.16. The molecule has 0 aliphatic heterocycles. The lowest BCUT2D eigenvalue weighted by Gasteiger charge is -2.08. The molecule has 0 saturated carbocycles. The molecule has 0 aromatic carbocycles. The molecule has 0 spiro atoms. The largest absolute Gasteiger partial charge is 0.321 e. The highest BCUT2D eigenvalue weighted by Crippen LogP contribution is 2.22. The lowest BCUT2D eigenvalue weighted by atomic mass is 10.1. The summed E-state index contributed by atoms with van der Waals surface area (Å²) < 4.78 is 0. The van der Waals surface area contributed by atoms with Crippen LogP contribution in [0.25, 0.3) is 0 Å². The molecule has 6 heteroatoms. The predicted molar refractivity (Wildman–Crippen MR) is 77.7 cm³/mol. The first-order valence-corrected chi connectivity index (χ1v) is 8.50. The molecule has 104 valence electrons. The van der Waals surface area contributed by atoms with E-state index >= 15 is 0 Å². The third kappa shape index (κ3) is 9.67. The maximum atomic E-state index is 11.5. The van der Waals surface area contributed by atoms with Gasteiger partial charge in [-0.25, -0.2) is 0 Å². The first kappa shape index (κ1) is 17.7. The van der Waals surface area contributed by atoms with Gasteiger partial charge in [-0.05, 0) is 13.3 Å². The fourth-order valence-corrected chi connectivity index (χ4v) is 3.32. The Kier molecular flexibility index (Phi) is 10.4. The summed E-state index contributed by atoms with van der Waals surface area (Å²) in [5.41, 5.74) is 5.70. The lowest BCUT2D eigenvalue weighted by Crippen LogP contribution is -2.32. The second-order valence-electron chi connectivity index (χ2n) is 4.11. The third-order valence-electron chi connectivity index (χ3n) is 2.22. The van der Waals surface area contributed by atoms with E-state index in [-0.39, 0.29) is 30.2 Å². The number of ketones is 3. The summed E-state index contributed by atoms with van der Waals surface area (Å²) in [6.07, 6.45) is 1.96. The van der Waals surface area contributed by atoms with Crippen molar-refractivity contribution in [2.24, 2.45) is 5.73 Å². The number of Topliss-reactive ketones (excluding diaryl/α,β-unsaturated/α-hetero) is 3. The van der Waals surface area contributed by atoms with Gasteiger partial charge in [-0.3, -0.25) is 9.59 Å². The van der Waals surface area contributed by atoms with Gasteiger partial charge in [-0.2, -0.15) is 0 Å². The van der Waals surface area contributed by atoms with Gasteiger partial charge in [0.1, 0.15) is 11.6 Å². The minimum Gasteiger partial charge on any atom is -0.321 e. The van der Waals surface area contributed by atoms with Crippen LogP contribution in [0.2, 0.25) is 0 Å². The SMILES string of the molecule is CCCC(=O)CSSCC(N)C(=O)CCC(C)=O. The zero-order valence-corrected chi connectivity index (χ0v) is 12.6. The standard InChI is InChI=1S/C12H21NO3S2/c1-3-4-10(15)7-17-18-8-11(13)12(16)6-5-9(2)14/h11H,3-8,13H2,1-2H3. The number of nitrogens with two attached hydrogens (primary N) is 1. The first-order chi connectivity index (χ1) is 8.47. The van der Waals surface area contributed by atoms with Gasteiger partial charge >= 0.3 is 0 Å². The van der Waals surface area contributed by atoms with Crippen molar-refractivity contribution in [2.45, 2.75) is 45.6 Å². The quantitative estimate of drug-likeness (QED) is 0.463. The molecular formula is C12H21NO3S2. The van der Waals surface area contributed by atoms with Crippen molar-refractivity contribution in [1.29, 1.82) is 0 Å². The number of hydrogen-bond donors (Lipinski definition) is 1. The van der Waals surface area contributed by atoms with Crippen LogP contribution in [0.5, 0.6) is 0 Å². The molecule has 0 heterocycles. The Morgan fingerprint density at radius 3 is 2.33 bits per heavy atom. The summed E-state index contributed by atoms with van der Waals surface area (Å²) in [5, 5.41) is 0. The molecule has 0 rings (SSSR count). The molecule has 0 aliphatic rings. The fraction of sp³-hybridized carbons (Fsp3) is 0.750. The van der Waals surface area contributed by atoms with Crippen molar-refractivity contribution in [3.8, 4) is 0 Å². The van der Waals surface area contributed by atoms with Gasteiger partial charge in [0.25, 0.3) is 0 Å². The molecule has 0 saturated heterocycles. The first-order valence-electron chi connectivity index (χ1n) is 6.01. The smallest absolute Gasteiger partial charge is 0.150 e. The van der Waals surface area contributed by atoms with Crippen LogP contribution >= 0.6 is 21.6 Å². The highest BCUT2D eigenvalue weighted by molar-refractivity contribution is 8.76. The van der Waals surface area contributed by atoms with E-state index in [0.29, 0.717) is 17.9 Å². The highest BCUT2D eigenvalue weighted by atomic mass is 33.1. The molecule has 2 N–H and O–H groups in total. The number of carbonyl (C=O) groups excluding carboxylic acids is 3. The van der Waals surface area contributed by atoms with Crippen molar-refractivity contribution in [1.82, 2.24) is 0 Å². The Labute approximate surface area is 116 Å². The Morgan fingerprint density at radius 1 is 1.11 bits per heavy atom. The molecule has 0 amide bonds. The van der Waals surface area contributed by atoms with Gasteiger partial charge in [-0.1, -0.05) is 28.5 Å². The van der Waals surface area contributed by atoms with E-state index in [9.17, 15) is 14.4 Å². The van der Waals surface area contributed by atoms with Crippen LogP contribution < -0.4 is 5.73 Å². The van der Waals surface area contributed by atoms with Gasteiger partial charge in [0.2, 0.25) is 0 Å². The Balaban J connectivity index is 3.63. The van der Waals surface area contributed by atoms with E-state index in [2.05, 4.69) is 0 Å². The summed E-state index contributed by atoms with van der Waals surface area (Å²) in [6.45, 7) is 3.43. The molecule has 1 unspecified atom stereocenters. The van der Waals surface area contributed by atoms with E-state index in [1.54, 1.807) is 0 Å². The van der Waals surface area contributed by atoms with Crippen LogP contribution in [-0.4, -0.2) is 34.9 Å². The van der Waals surface area contributed by atoms with Crippen LogP contribution in [0.3, 0.4) is 0 Å².